The molecule has 0 unspecified atom stereocenters. The monoisotopic (exact) mass is 202 g/mol. The van der Waals surface area contributed by atoms with Crippen LogP contribution in [-0.2, 0) is 0 Å². The van der Waals surface area contributed by atoms with Gasteiger partial charge in [-0.2, -0.15) is 0 Å². The van der Waals surface area contributed by atoms with E-state index in [1.165, 1.54) is 22.2 Å². The van der Waals surface area contributed by atoms with Crippen LogP contribution in [0.3, 0.4) is 0 Å². The molecule has 80 valence electrons. The first kappa shape index (κ1) is 10.1. The first-order valence-corrected chi connectivity index (χ1v) is 5.38. The zero-order valence-electron chi connectivity index (χ0n) is 9.83. The van der Waals surface area contributed by atoms with Gasteiger partial charge in [-0.15, -0.1) is 0 Å². The Bertz CT molecular complexity index is 466. The molecule has 1 heterocycles. The predicted molar refractivity (Wildman–Crippen MR) is 66.7 cm³/mol. The molecule has 1 N–H and O–H groups in total. The number of aromatic nitrogens is 1. The van der Waals surface area contributed by atoms with E-state index in [1.807, 2.05) is 6.20 Å². The molecule has 0 atom stereocenters. The predicted octanol–water partition coefficient (Wildman–Crippen LogP) is 3.36. The molecule has 2 heteroatoms. The Morgan fingerprint density at radius 2 is 1.93 bits per heavy atom. The smallest absolute Gasteiger partial charge is 0.0691 e. The molecule has 0 spiro atoms. The number of nitrogens with zero attached hydrogens (tertiary/aromatic N) is 1. The molecule has 0 fully saturated rings. The summed E-state index contributed by atoms with van der Waals surface area (Å²) in [5.74, 6) is 0.572. The van der Waals surface area contributed by atoms with Crippen LogP contribution in [0.1, 0.15) is 25.3 Å². The summed E-state index contributed by atoms with van der Waals surface area (Å²) in [6.07, 6.45) is 2.00. The molecule has 1 aromatic heterocycles. The summed E-state index contributed by atoms with van der Waals surface area (Å²) < 4.78 is 0. The number of benzene rings is 1. The van der Waals surface area contributed by atoms with Gasteiger partial charge in [0, 0.05) is 25.7 Å². The third-order valence-electron chi connectivity index (χ3n) is 2.81. The van der Waals surface area contributed by atoms with Gasteiger partial charge in [0.1, 0.15) is 0 Å². The molecule has 2 nitrogen and oxygen atoms in total. The summed E-state index contributed by atoms with van der Waals surface area (Å²) in [5, 5.41) is 1.30. The van der Waals surface area contributed by atoms with E-state index < -0.39 is 0 Å². The van der Waals surface area contributed by atoms with E-state index in [2.05, 4.69) is 56.0 Å². The van der Waals surface area contributed by atoms with Crippen LogP contribution in [0.2, 0.25) is 0 Å². The number of anilines is 1. The van der Waals surface area contributed by atoms with Gasteiger partial charge in [-0.25, -0.2) is 0 Å². The minimum absolute atomic E-state index is 0.572. The number of hydrogen-bond acceptors (Lipinski definition) is 1. The second kappa shape index (κ2) is 3.61. The maximum absolute atomic E-state index is 3.29. The molecule has 0 amide bonds. The highest BCUT2D eigenvalue weighted by atomic mass is 15.1. The normalized spacial score (nSPS) is 11.3. The van der Waals surface area contributed by atoms with E-state index in [1.54, 1.807) is 0 Å². The van der Waals surface area contributed by atoms with Crippen LogP contribution in [0, 0.1) is 0 Å². The molecule has 1 aromatic carbocycles. The molecule has 0 bridgehead atoms. The molecular weight excluding hydrogens is 184 g/mol. The minimum atomic E-state index is 0.572. The van der Waals surface area contributed by atoms with Crippen molar-refractivity contribution in [3.05, 3.63) is 30.0 Å². The van der Waals surface area contributed by atoms with E-state index in [-0.39, 0.29) is 0 Å². The van der Waals surface area contributed by atoms with Crippen molar-refractivity contribution in [3.63, 3.8) is 0 Å². The highest BCUT2D eigenvalue weighted by molar-refractivity contribution is 5.92. The summed E-state index contributed by atoms with van der Waals surface area (Å²) in [4.78, 5) is 5.45. The number of H-pyrrole nitrogens is 1. The van der Waals surface area contributed by atoms with Gasteiger partial charge in [0.2, 0.25) is 0 Å². The molecule has 2 aromatic rings. The first-order valence-electron chi connectivity index (χ1n) is 5.38. The average molecular weight is 202 g/mol. The molecule has 0 aliphatic heterocycles. The summed E-state index contributed by atoms with van der Waals surface area (Å²) in [5.41, 5.74) is 3.89. The van der Waals surface area contributed by atoms with Crippen LogP contribution in [-0.4, -0.2) is 19.1 Å². The van der Waals surface area contributed by atoms with Crippen LogP contribution >= 0.6 is 0 Å². The fraction of sp³-hybridized carbons (Fsp3) is 0.385. The lowest BCUT2D eigenvalue weighted by Crippen LogP contribution is -2.09. The highest BCUT2D eigenvalue weighted by Crippen LogP contribution is 2.29. The van der Waals surface area contributed by atoms with E-state index in [9.17, 15) is 0 Å². The van der Waals surface area contributed by atoms with Gasteiger partial charge < -0.3 is 9.88 Å². The lowest BCUT2D eigenvalue weighted by Gasteiger charge is -2.16. The van der Waals surface area contributed by atoms with Crippen LogP contribution in [0.25, 0.3) is 10.9 Å². The SMILES string of the molecule is CC(C)c1cc(N(C)C)c2[nH]ccc2c1. The van der Waals surface area contributed by atoms with E-state index >= 15 is 0 Å². The van der Waals surface area contributed by atoms with Gasteiger partial charge in [-0.05, 0) is 29.7 Å². The van der Waals surface area contributed by atoms with Gasteiger partial charge in [0.15, 0.2) is 0 Å². The van der Waals surface area contributed by atoms with Crippen molar-refractivity contribution in [2.75, 3.05) is 19.0 Å². The van der Waals surface area contributed by atoms with Crippen molar-refractivity contribution in [2.24, 2.45) is 0 Å². The van der Waals surface area contributed by atoms with E-state index in [4.69, 9.17) is 0 Å². The Morgan fingerprint density at radius 1 is 1.20 bits per heavy atom. The molecule has 2 rings (SSSR count). The largest absolute Gasteiger partial charge is 0.376 e. The maximum atomic E-state index is 3.29. The highest BCUT2D eigenvalue weighted by Gasteiger charge is 2.08. The van der Waals surface area contributed by atoms with Crippen molar-refractivity contribution in [1.82, 2.24) is 4.98 Å². The molecule has 0 aliphatic carbocycles. The van der Waals surface area contributed by atoms with Crippen molar-refractivity contribution >= 4 is 16.6 Å². The third kappa shape index (κ3) is 1.72. The number of aromatic amines is 1. The van der Waals surface area contributed by atoms with Gasteiger partial charge >= 0.3 is 0 Å². The fourth-order valence-electron chi connectivity index (χ4n) is 1.86. The van der Waals surface area contributed by atoms with Crippen molar-refractivity contribution in [2.45, 2.75) is 19.8 Å². The van der Waals surface area contributed by atoms with Crippen LogP contribution in [0.5, 0.6) is 0 Å². The second-order valence-electron chi connectivity index (χ2n) is 4.53. The Balaban J connectivity index is 2.69. The Hall–Kier alpha value is -1.44. The molecule has 0 aliphatic rings. The fourth-order valence-corrected chi connectivity index (χ4v) is 1.86. The maximum Gasteiger partial charge on any atom is 0.0691 e. The first-order chi connectivity index (χ1) is 7.09. The molecule has 0 saturated carbocycles. The molecule has 0 saturated heterocycles. The summed E-state index contributed by atoms with van der Waals surface area (Å²) >= 11 is 0. The van der Waals surface area contributed by atoms with Crippen molar-refractivity contribution in [1.29, 1.82) is 0 Å². The van der Waals surface area contributed by atoms with E-state index in [0.717, 1.165) is 0 Å². The standard InChI is InChI=1S/C13H18N2/c1-9(2)11-7-10-5-6-14-13(10)12(8-11)15(3)4/h5-9,14H,1-4H3. The quantitative estimate of drug-likeness (QED) is 0.791. The van der Waals surface area contributed by atoms with Crippen molar-refractivity contribution in [3.8, 4) is 0 Å². The zero-order chi connectivity index (χ0) is 11.0. The van der Waals surface area contributed by atoms with Gasteiger partial charge in [0.05, 0.1) is 11.2 Å². The number of hydrogen-bond donors (Lipinski definition) is 1. The molecule has 0 radical (unpaired) electrons. The molecule has 15 heavy (non-hydrogen) atoms. The molecular formula is C13H18N2. The lowest BCUT2D eigenvalue weighted by atomic mass is 10.0. The average Bonchev–Trinajstić information content (AvgIpc) is 2.62. The number of fused-ring (bicyclic) bond motifs is 1. The third-order valence-corrected chi connectivity index (χ3v) is 2.81. The number of rotatable bonds is 2. The Labute approximate surface area is 90.9 Å². The van der Waals surface area contributed by atoms with Crippen LogP contribution in [0.4, 0.5) is 5.69 Å². The van der Waals surface area contributed by atoms with E-state index in [0.29, 0.717) is 5.92 Å². The Morgan fingerprint density at radius 3 is 2.53 bits per heavy atom. The van der Waals surface area contributed by atoms with Gasteiger partial charge in [0.25, 0.3) is 0 Å². The minimum Gasteiger partial charge on any atom is -0.376 e. The van der Waals surface area contributed by atoms with Crippen LogP contribution in [0.15, 0.2) is 24.4 Å². The second-order valence-corrected chi connectivity index (χ2v) is 4.53. The van der Waals surface area contributed by atoms with Crippen LogP contribution < -0.4 is 4.90 Å². The lowest BCUT2D eigenvalue weighted by molar-refractivity contribution is 0.867. The summed E-state index contributed by atoms with van der Waals surface area (Å²) in [7, 11) is 4.17. The van der Waals surface area contributed by atoms with Crippen molar-refractivity contribution < 1.29 is 0 Å². The van der Waals surface area contributed by atoms with Gasteiger partial charge in [-0.3, -0.25) is 0 Å². The topological polar surface area (TPSA) is 19.0 Å². The Kier molecular flexibility index (Phi) is 2.43. The summed E-state index contributed by atoms with van der Waals surface area (Å²) in [6.45, 7) is 4.46. The zero-order valence-corrected chi connectivity index (χ0v) is 9.83. The number of nitrogens with one attached hydrogen (secondary N) is 1. The summed E-state index contributed by atoms with van der Waals surface area (Å²) in [6, 6.07) is 6.67. The van der Waals surface area contributed by atoms with Gasteiger partial charge in [-0.1, -0.05) is 13.8 Å².